The Morgan fingerprint density at radius 2 is 2.14 bits per heavy atom. The van der Waals surface area contributed by atoms with E-state index in [1.54, 1.807) is 11.3 Å². The Labute approximate surface area is 130 Å². The maximum atomic E-state index is 12.1. The summed E-state index contributed by atoms with van der Waals surface area (Å²) in [6.45, 7) is 4.95. The van der Waals surface area contributed by atoms with Gasteiger partial charge in [-0.1, -0.05) is 19.9 Å². The van der Waals surface area contributed by atoms with E-state index in [1.165, 1.54) is 7.11 Å². The van der Waals surface area contributed by atoms with E-state index in [0.29, 0.717) is 18.9 Å². The third kappa shape index (κ3) is 6.27. The van der Waals surface area contributed by atoms with Gasteiger partial charge in [-0.15, -0.1) is 11.3 Å². The molecule has 1 atom stereocenters. The smallest absolute Gasteiger partial charge is 0.306 e. The standard InChI is InChI=1S/C15H24N2O3S/c1-11(2)15(12-6-5-9-21-12)16-13(18)10-17(3)8-7-14(19)20-4/h5-6,9,11,15H,7-8,10H2,1-4H3,(H,16,18). The molecule has 0 saturated heterocycles. The van der Waals surface area contributed by atoms with Crippen LogP contribution in [-0.2, 0) is 14.3 Å². The first-order valence-corrected chi connectivity index (χ1v) is 7.90. The number of hydrogen-bond donors (Lipinski definition) is 1. The minimum Gasteiger partial charge on any atom is -0.469 e. The normalized spacial score (nSPS) is 12.5. The van der Waals surface area contributed by atoms with Crippen molar-refractivity contribution < 1.29 is 14.3 Å². The quantitative estimate of drug-likeness (QED) is 0.747. The van der Waals surface area contributed by atoms with Crippen molar-refractivity contribution in [1.82, 2.24) is 10.2 Å². The fourth-order valence-corrected chi connectivity index (χ4v) is 2.91. The lowest BCUT2D eigenvalue weighted by Crippen LogP contribution is -2.39. The maximum Gasteiger partial charge on any atom is 0.306 e. The summed E-state index contributed by atoms with van der Waals surface area (Å²) in [5, 5.41) is 5.08. The predicted molar refractivity (Wildman–Crippen MR) is 84.2 cm³/mol. The van der Waals surface area contributed by atoms with Gasteiger partial charge in [0.2, 0.25) is 5.91 Å². The second-order valence-electron chi connectivity index (χ2n) is 5.37. The highest BCUT2D eigenvalue weighted by Crippen LogP contribution is 2.25. The summed E-state index contributed by atoms with van der Waals surface area (Å²) >= 11 is 1.65. The van der Waals surface area contributed by atoms with Crippen LogP contribution in [0.4, 0.5) is 0 Å². The summed E-state index contributed by atoms with van der Waals surface area (Å²) < 4.78 is 4.59. The van der Waals surface area contributed by atoms with Gasteiger partial charge in [-0.3, -0.25) is 14.5 Å². The molecule has 0 bridgehead atoms. The van der Waals surface area contributed by atoms with Crippen molar-refractivity contribution in [3.63, 3.8) is 0 Å². The topological polar surface area (TPSA) is 58.6 Å². The average molecular weight is 312 g/mol. The fraction of sp³-hybridized carbons (Fsp3) is 0.600. The summed E-state index contributed by atoms with van der Waals surface area (Å²) in [6.07, 6.45) is 0.290. The van der Waals surface area contributed by atoms with Gasteiger partial charge < -0.3 is 10.1 Å². The van der Waals surface area contributed by atoms with Crippen LogP contribution in [0.1, 0.15) is 31.2 Å². The Kier molecular flexibility index (Phi) is 7.39. The van der Waals surface area contributed by atoms with Crippen LogP contribution in [0.15, 0.2) is 17.5 Å². The van der Waals surface area contributed by atoms with Crippen molar-refractivity contribution in [2.75, 3.05) is 27.2 Å². The predicted octanol–water partition coefficient (Wildman–Crippen LogP) is 2.06. The average Bonchev–Trinajstić information content (AvgIpc) is 2.95. The number of rotatable bonds is 8. The zero-order chi connectivity index (χ0) is 15.8. The highest BCUT2D eigenvalue weighted by molar-refractivity contribution is 7.10. The monoisotopic (exact) mass is 312 g/mol. The fourth-order valence-electron chi connectivity index (χ4n) is 1.96. The molecule has 0 aromatic carbocycles. The largest absolute Gasteiger partial charge is 0.469 e. The summed E-state index contributed by atoms with van der Waals surface area (Å²) in [5.74, 6) is 0.0309. The van der Waals surface area contributed by atoms with Crippen LogP contribution in [0.2, 0.25) is 0 Å². The molecule has 0 aliphatic carbocycles. The summed E-state index contributed by atoms with van der Waals surface area (Å²) in [5.41, 5.74) is 0. The van der Waals surface area contributed by atoms with Gasteiger partial charge in [0.1, 0.15) is 0 Å². The molecule has 1 unspecified atom stereocenters. The molecule has 118 valence electrons. The minimum absolute atomic E-state index is 0.0329. The van der Waals surface area contributed by atoms with Gasteiger partial charge in [0.15, 0.2) is 0 Å². The lowest BCUT2D eigenvalue weighted by Gasteiger charge is -2.23. The van der Waals surface area contributed by atoms with Gasteiger partial charge >= 0.3 is 5.97 Å². The number of amides is 1. The second kappa shape index (κ2) is 8.79. The number of nitrogens with zero attached hydrogens (tertiary/aromatic N) is 1. The number of likely N-dealkylation sites (N-methyl/N-ethyl adjacent to an activating group) is 1. The zero-order valence-corrected chi connectivity index (χ0v) is 13.9. The first-order chi connectivity index (χ1) is 9.93. The van der Waals surface area contributed by atoms with Gasteiger partial charge in [0, 0.05) is 11.4 Å². The molecule has 0 saturated carbocycles. The number of nitrogens with one attached hydrogen (secondary N) is 1. The molecular formula is C15H24N2O3S. The van der Waals surface area contributed by atoms with E-state index in [2.05, 4.69) is 23.9 Å². The third-order valence-electron chi connectivity index (χ3n) is 3.17. The minimum atomic E-state index is -0.263. The first kappa shape index (κ1) is 17.7. The van der Waals surface area contributed by atoms with Gasteiger partial charge in [-0.2, -0.15) is 0 Å². The van der Waals surface area contributed by atoms with E-state index in [0.717, 1.165) is 4.88 Å². The van der Waals surface area contributed by atoms with Crippen molar-refractivity contribution >= 4 is 23.2 Å². The zero-order valence-electron chi connectivity index (χ0n) is 13.1. The van der Waals surface area contributed by atoms with Crippen LogP contribution in [0.3, 0.4) is 0 Å². The van der Waals surface area contributed by atoms with Crippen molar-refractivity contribution in [3.8, 4) is 0 Å². The molecular weight excluding hydrogens is 288 g/mol. The third-order valence-corrected chi connectivity index (χ3v) is 4.13. The van der Waals surface area contributed by atoms with Crippen molar-refractivity contribution in [1.29, 1.82) is 0 Å². The molecule has 1 heterocycles. The number of hydrogen-bond acceptors (Lipinski definition) is 5. The molecule has 1 N–H and O–H groups in total. The Morgan fingerprint density at radius 3 is 2.67 bits per heavy atom. The lowest BCUT2D eigenvalue weighted by atomic mass is 10.0. The summed E-state index contributed by atoms with van der Waals surface area (Å²) in [4.78, 5) is 26.2. The Bertz CT molecular complexity index is 446. The number of carbonyl (C=O) groups is 2. The molecule has 1 aromatic heterocycles. The van der Waals surface area contributed by atoms with Crippen LogP contribution in [0.25, 0.3) is 0 Å². The van der Waals surface area contributed by atoms with Gasteiger partial charge in [-0.25, -0.2) is 0 Å². The molecule has 21 heavy (non-hydrogen) atoms. The molecule has 0 aliphatic heterocycles. The van der Waals surface area contributed by atoms with Gasteiger partial charge in [0.25, 0.3) is 0 Å². The summed E-state index contributed by atoms with van der Waals surface area (Å²) in [6, 6.07) is 4.06. The summed E-state index contributed by atoms with van der Waals surface area (Å²) in [7, 11) is 3.18. The van der Waals surface area contributed by atoms with E-state index in [1.807, 2.05) is 29.5 Å². The first-order valence-electron chi connectivity index (χ1n) is 7.02. The molecule has 1 amide bonds. The lowest BCUT2D eigenvalue weighted by molar-refractivity contribution is -0.141. The van der Waals surface area contributed by atoms with E-state index >= 15 is 0 Å². The number of ether oxygens (including phenoxy) is 1. The second-order valence-corrected chi connectivity index (χ2v) is 6.35. The Hall–Kier alpha value is -1.40. The number of methoxy groups -OCH3 is 1. The molecule has 0 radical (unpaired) electrons. The highest BCUT2D eigenvalue weighted by Gasteiger charge is 2.19. The van der Waals surface area contributed by atoms with E-state index in [-0.39, 0.29) is 24.5 Å². The van der Waals surface area contributed by atoms with Crippen LogP contribution in [0.5, 0.6) is 0 Å². The van der Waals surface area contributed by atoms with E-state index in [9.17, 15) is 9.59 Å². The molecule has 0 fully saturated rings. The van der Waals surface area contributed by atoms with Gasteiger partial charge in [0.05, 0.1) is 26.1 Å². The van der Waals surface area contributed by atoms with E-state index < -0.39 is 0 Å². The molecule has 1 rings (SSSR count). The van der Waals surface area contributed by atoms with Crippen LogP contribution < -0.4 is 5.32 Å². The molecule has 5 nitrogen and oxygen atoms in total. The molecule has 1 aromatic rings. The van der Waals surface area contributed by atoms with E-state index in [4.69, 9.17) is 0 Å². The molecule has 0 aliphatic rings. The highest BCUT2D eigenvalue weighted by atomic mass is 32.1. The van der Waals surface area contributed by atoms with Gasteiger partial charge in [-0.05, 0) is 24.4 Å². The number of carbonyl (C=O) groups excluding carboxylic acids is 2. The van der Waals surface area contributed by atoms with Crippen LogP contribution in [-0.4, -0.2) is 44.0 Å². The van der Waals surface area contributed by atoms with Crippen molar-refractivity contribution in [2.24, 2.45) is 5.92 Å². The van der Waals surface area contributed by atoms with Crippen molar-refractivity contribution in [3.05, 3.63) is 22.4 Å². The van der Waals surface area contributed by atoms with Crippen molar-refractivity contribution in [2.45, 2.75) is 26.3 Å². The Balaban J connectivity index is 2.45. The molecule has 6 heteroatoms. The number of esters is 1. The number of thiophene rings is 1. The Morgan fingerprint density at radius 1 is 1.43 bits per heavy atom. The maximum absolute atomic E-state index is 12.1. The SMILES string of the molecule is COC(=O)CCN(C)CC(=O)NC(c1cccs1)C(C)C. The van der Waals surface area contributed by atoms with Crippen LogP contribution >= 0.6 is 11.3 Å². The molecule has 0 spiro atoms. The van der Waals surface area contributed by atoms with Crippen LogP contribution in [0, 0.1) is 5.92 Å².